The van der Waals surface area contributed by atoms with Gasteiger partial charge in [0.15, 0.2) is 0 Å². The summed E-state index contributed by atoms with van der Waals surface area (Å²) in [7, 11) is -3.21. The Morgan fingerprint density at radius 2 is 2.00 bits per heavy atom. The van der Waals surface area contributed by atoms with Crippen molar-refractivity contribution in [2.45, 2.75) is 37.5 Å². The molecule has 0 unspecified atom stereocenters. The van der Waals surface area contributed by atoms with E-state index in [0.717, 1.165) is 34.2 Å². The Bertz CT molecular complexity index is 1480. The van der Waals surface area contributed by atoms with Crippen molar-refractivity contribution in [2.75, 3.05) is 13.1 Å². The minimum atomic E-state index is -3.21. The summed E-state index contributed by atoms with van der Waals surface area (Å²) in [4.78, 5) is 8.80. The Morgan fingerprint density at radius 3 is 2.79 bits per heavy atom. The van der Waals surface area contributed by atoms with Gasteiger partial charge in [-0.2, -0.15) is 9.40 Å². The SMILES string of the molecule is Cc1nc(-c2nn([C@H]3CCN(S(=O)(=O)C4CC4)C3)cc2-c2ccc3ncsc3c2)ccc1F. The van der Waals surface area contributed by atoms with Crippen LogP contribution in [0.4, 0.5) is 4.39 Å². The van der Waals surface area contributed by atoms with Crippen molar-refractivity contribution in [1.82, 2.24) is 24.1 Å². The molecule has 1 saturated carbocycles. The van der Waals surface area contributed by atoms with Crippen LogP contribution in [0.25, 0.3) is 32.7 Å². The molecule has 1 aliphatic carbocycles. The number of fused-ring (bicyclic) bond motifs is 1. The topological polar surface area (TPSA) is 81.0 Å². The zero-order valence-corrected chi connectivity index (χ0v) is 19.6. The molecule has 170 valence electrons. The molecule has 0 N–H and O–H groups in total. The van der Waals surface area contributed by atoms with E-state index in [9.17, 15) is 12.8 Å². The zero-order chi connectivity index (χ0) is 22.7. The first kappa shape index (κ1) is 20.9. The van der Waals surface area contributed by atoms with Crippen molar-refractivity contribution in [1.29, 1.82) is 0 Å². The molecule has 4 heterocycles. The molecule has 1 aromatic carbocycles. The van der Waals surface area contributed by atoms with Crippen LogP contribution >= 0.6 is 11.3 Å². The lowest BCUT2D eigenvalue weighted by Gasteiger charge is -2.16. The number of aromatic nitrogens is 4. The predicted molar refractivity (Wildman–Crippen MR) is 126 cm³/mol. The van der Waals surface area contributed by atoms with Gasteiger partial charge in [0.2, 0.25) is 10.0 Å². The van der Waals surface area contributed by atoms with Crippen molar-refractivity contribution in [3.8, 4) is 22.5 Å². The first-order chi connectivity index (χ1) is 15.9. The molecule has 0 bridgehead atoms. The molecule has 10 heteroatoms. The highest BCUT2D eigenvalue weighted by Gasteiger charge is 2.43. The van der Waals surface area contributed by atoms with Gasteiger partial charge >= 0.3 is 0 Å². The molecule has 4 aromatic rings. The summed E-state index contributed by atoms with van der Waals surface area (Å²) in [5, 5.41) is 4.64. The second-order valence-corrected chi connectivity index (χ2v) is 11.8. The Balaban J connectivity index is 1.42. The van der Waals surface area contributed by atoms with Gasteiger partial charge in [-0.05, 0) is 56.0 Å². The number of hydrogen-bond donors (Lipinski definition) is 0. The van der Waals surface area contributed by atoms with E-state index in [1.165, 1.54) is 6.07 Å². The summed E-state index contributed by atoms with van der Waals surface area (Å²) in [6.45, 7) is 2.56. The normalized spacial score (nSPS) is 19.5. The lowest BCUT2D eigenvalue weighted by atomic mass is 10.0. The van der Waals surface area contributed by atoms with Gasteiger partial charge in [0.25, 0.3) is 0 Å². The molecule has 0 radical (unpaired) electrons. The van der Waals surface area contributed by atoms with Crippen molar-refractivity contribution in [3.05, 3.63) is 53.6 Å². The second-order valence-electron chi connectivity index (χ2n) is 8.71. The number of rotatable bonds is 5. The molecule has 2 aliphatic rings. The molecule has 1 atom stereocenters. The Kier molecular flexibility index (Phi) is 4.86. The summed E-state index contributed by atoms with van der Waals surface area (Å²) in [6.07, 6.45) is 4.19. The average Bonchev–Trinajstić information content (AvgIpc) is 3.21. The first-order valence-corrected chi connectivity index (χ1v) is 13.3. The highest BCUT2D eigenvalue weighted by molar-refractivity contribution is 7.90. The van der Waals surface area contributed by atoms with Gasteiger partial charge in [0.05, 0.1) is 38.4 Å². The smallest absolute Gasteiger partial charge is 0.217 e. The van der Waals surface area contributed by atoms with Crippen molar-refractivity contribution in [3.63, 3.8) is 0 Å². The van der Waals surface area contributed by atoms with Crippen LogP contribution in [0.2, 0.25) is 0 Å². The number of benzene rings is 1. The standard InChI is InChI=1S/C23H22FN5O2S2/c1-14-19(24)5-7-21(26-14)23-18(15-2-6-20-22(10-15)32-13-25-20)12-29(27-23)16-8-9-28(11-16)33(30,31)17-3-4-17/h2,5-7,10,12-13,16-17H,3-4,8-9,11H2,1H3/t16-/m0/s1. The molecule has 1 aliphatic heterocycles. The number of hydrogen-bond acceptors (Lipinski definition) is 6. The summed E-state index contributed by atoms with van der Waals surface area (Å²) >= 11 is 1.57. The zero-order valence-electron chi connectivity index (χ0n) is 18.0. The van der Waals surface area contributed by atoms with Crippen LogP contribution in [0.5, 0.6) is 0 Å². The van der Waals surface area contributed by atoms with E-state index in [0.29, 0.717) is 36.6 Å². The van der Waals surface area contributed by atoms with Gasteiger partial charge in [-0.1, -0.05) is 6.07 Å². The van der Waals surface area contributed by atoms with Crippen molar-refractivity contribution < 1.29 is 12.8 Å². The lowest BCUT2D eigenvalue weighted by Crippen LogP contribution is -2.32. The Hall–Kier alpha value is -2.69. The molecule has 3 aromatic heterocycles. The first-order valence-electron chi connectivity index (χ1n) is 11.0. The van der Waals surface area contributed by atoms with Gasteiger partial charge in [-0.15, -0.1) is 11.3 Å². The van der Waals surface area contributed by atoms with Crippen LogP contribution in [-0.2, 0) is 10.0 Å². The third kappa shape index (κ3) is 3.66. The Morgan fingerprint density at radius 1 is 1.15 bits per heavy atom. The van der Waals surface area contributed by atoms with Gasteiger partial charge in [0, 0.05) is 24.8 Å². The van der Waals surface area contributed by atoms with Crippen LogP contribution in [0.1, 0.15) is 31.0 Å². The molecule has 6 rings (SSSR count). The largest absolute Gasteiger partial charge is 0.267 e. The number of nitrogens with zero attached hydrogens (tertiary/aromatic N) is 5. The van der Waals surface area contributed by atoms with E-state index in [2.05, 4.69) is 16.0 Å². The van der Waals surface area contributed by atoms with Crippen LogP contribution in [0, 0.1) is 12.7 Å². The van der Waals surface area contributed by atoms with E-state index in [1.807, 2.05) is 28.5 Å². The summed E-state index contributed by atoms with van der Waals surface area (Å²) < 4.78 is 43.8. The highest BCUT2D eigenvalue weighted by atomic mass is 32.2. The number of pyridine rings is 1. The number of halogens is 1. The fraction of sp³-hybridized carbons (Fsp3) is 0.348. The van der Waals surface area contributed by atoms with E-state index in [4.69, 9.17) is 5.10 Å². The van der Waals surface area contributed by atoms with E-state index in [1.54, 1.807) is 28.6 Å². The molecular weight excluding hydrogens is 461 g/mol. The van der Waals surface area contributed by atoms with Gasteiger partial charge in [0.1, 0.15) is 11.5 Å². The fourth-order valence-corrected chi connectivity index (χ4v) is 7.02. The second kappa shape index (κ2) is 7.68. The number of aryl methyl sites for hydroxylation is 1. The van der Waals surface area contributed by atoms with Gasteiger partial charge in [-0.25, -0.2) is 22.8 Å². The quantitative estimate of drug-likeness (QED) is 0.420. The van der Waals surface area contributed by atoms with Crippen LogP contribution < -0.4 is 0 Å². The third-order valence-corrected chi connectivity index (χ3v) is 9.60. The maximum absolute atomic E-state index is 13.9. The number of thiazole rings is 1. The predicted octanol–water partition coefficient (Wildman–Crippen LogP) is 4.41. The molecule has 33 heavy (non-hydrogen) atoms. The monoisotopic (exact) mass is 483 g/mol. The highest BCUT2D eigenvalue weighted by Crippen LogP contribution is 2.37. The molecule has 0 amide bonds. The number of sulfonamides is 1. The molecule has 7 nitrogen and oxygen atoms in total. The summed E-state index contributed by atoms with van der Waals surface area (Å²) in [5.74, 6) is -0.359. The van der Waals surface area contributed by atoms with Crippen LogP contribution in [0.15, 0.2) is 42.0 Å². The molecule has 1 saturated heterocycles. The van der Waals surface area contributed by atoms with Crippen molar-refractivity contribution >= 4 is 31.6 Å². The van der Waals surface area contributed by atoms with E-state index in [-0.39, 0.29) is 17.1 Å². The minimum Gasteiger partial charge on any atom is -0.267 e. The minimum absolute atomic E-state index is 0.0558. The van der Waals surface area contributed by atoms with E-state index < -0.39 is 10.0 Å². The molecule has 0 spiro atoms. The Labute approximate surface area is 195 Å². The molecule has 2 fully saturated rings. The van der Waals surface area contributed by atoms with Crippen LogP contribution in [-0.4, -0.2) is 50.8 Å². The summed E-state index contributed by atoms with van der Waals surface area (Å²) in [5.41, 5.74) is 6.16. The van der Waals surface area contributed by atoms with Crippen molar-refractivity contribution in [2.24, 2.45) is 0 Å². The lowest BCUT2D eigenvalue weighted by molar-refractivity contribution is 0.434. The fourth-order valence-electron chi connectivity index (χ4n) is 4.41. The van der Waals surface area contributed by atoms with E-state index >= 15 is 0 Å². The molecular formula is C23H22FN5O2S2. The van der Waals surface area contributed by atoms with Gasteiger partial charge in [-0.3, -0.25) is 4.68 Å². The summed E-state index contributed by atoms with van der Waals surface area (Å²) in [6, 6.07) is 9.05. The van der Waals surface area contributed by atoms with Gasteiger partial charge < -0.3 is 0 Å². The van der Waals surface area contributed by atoms with Crippen LogP contribution in [0.3, 0.4) is 0 Å². The average molecular weight is 484 g/mol. The maximum atomic E-state index is 13.9. The third-order valence-electron chi connectivity index (χ3n) is 6.44. The maximum Gasteiger partial charge on any atom is 0.217 e.